The maximum absolute atomic E-state index is 13.9. The quantitative estimate of drug-likeness (QED) is 0.245. The lowest BCUT2D eigenvalue weighted by atomic mass is 9.91. The highest BCUT2D eigenvalue weighted by molar-refractivity contribution is 5.80. The third-order valence-electron chi connectivity index (χ3n) is 8.54. The standard InChI is InChI=1S/C36H37N7O2/c1-25-34(43(31-13-5-4-6-14-31)40-36(25)30-21-38-41(2)22-30)19-35(44)39-33-24-42(15-16-45-3)23-32(33)29-12-8-11-28(18-29)27-10-7-9-26(17-27)20-37/h4-14,17-18,21-22,32-33H,15-16,19,23-24H2,1-3H3,(H,39,44)/t32-,33+/m0/s1. The molecule has 0 saturated carbocycles. The lowest BCUT2D eigenvalue weighted by molar-refractivity contribution is -0.121. The van der Waals surface area contributed by atoms with Gasteiger partial charge in [0.05, 0.1) is 47.9 Å². The number of benzene rings is 3. The van der Waals surface area contributed by atoms with Crippen LogP contribution >= 0.6 is 0 Å². The molecular weight excluding hydrogens is 562 g/mol. The number of hydrogen-bond donors (Lipinski definition) is 1. The molecule has 45 heavy (non-hydrogen) atoms. The number of nitrogens with zero attached hydrogens (tertiary/aromatic N) is 6. The Hall–Kier alpha value is -5.04. The van der Waals surface area contributed by atoms with E-state index in [1.165, 1.54) is 0 Å². The molecule has 0 bridgehead atoms. The maximum Gasteiger partial charge on any atom is 0.226 e. The highest BCUT2D eigenvalue weighted by Crippen LogP contribution is 2.32. The van der Waals surface area contributed by atoms with Crippen LogP contribution in [0.5, 0.6) is 0 Å². The lowest BCUT2D eigenvalue weighted by Crippen LogP contribution is -2.41. The summed E-state index contributed by atoms with van der Waals surface area (Å²) in [7, 11) is 3.60. The Kier molecular flexibility index (Phi) is 8.87. The van der Waals surface area contributed by atoms with Crippen LogP contribution in [0.3, 0.4) is 0 Å². The molecule has 1 aliphatic rings. The van der Waals surface area contributed by atoms with Crippen molar-refractivity contribution in [1.29, 1.82) is 5.26 Å². The summed E-state index contributed by atoms with van der Waals surface area (Å²) in [6, 6.07) is 28.2. The van der Waals surface area contributed by atoms with Crippen LogP contribution in [0.1, 0.15) is 28.3 Å². The number of ether oxygens (including phenoxy) is 1. The first kappa shape index (κ1) is 30.0. The Labute approximate surface area is 263 Å². The fraction of sp³-hybridized carbons (Fsp3) is 0.278. The number of nitriles is 1. The van der Waals surface area contributed by atoms with E-state index in [-0.39, 0.29) is 24.3 Å². The van der Waals surface area contributed by atoms with Gasteiger partial charge in [-0.15, -0.1) is 0 Å². The van der Waals surface area contributed by atoms with Gasteiger partial charge in [-0.3, -0.25) is 14.4 Å². The Morgan fingerprint density at radius 3 is 2.53 bits per heavy atom. The van der Waals surface area contributed by atoms with Crippen LogP contribution in [0.15, 0.2) is 91.3 Å². The van der Waals surface area contributed by atoms with Crippen LogP contribution in [-0.2, 0) is 23.0 Å². The van der Waals surface area contributed by atoms with Gasteiger partial charge >= 0.3 is 0 Å². The van der Waals surface area contributed by atoms with Crippen molar-refractivity contribution in [3.63, 3.8) is 0 Å². The number of hydrogen-bond acceptors (Lipinski definition) is 6. The molecule has 1 amide bonds. The number of aryl methyl sites for hydroxylation is 1. The minimum absolute atomic E-state index is 0.0469. The predicted octanol–water partition coefficient (Wildman–Crippen LogP) is 4.89. The van der Waals surface area contributed by atoms with Crippen molar-refractivity contribution in [3.8, 4) is 34.1 Å². The van der Waals surface area contributed by atoms with Gasteiger partial charge in [0.15, 0.2) is 0 Å². The van der Waals surface area contributed by atoms with E-state index < -0.39 is 0 Å². The molecule has 3 heterocycles. The van der Waals surface area contributed by atoms with Crippen molar-refractivity contribution in [1.82, 2.24) is 29.8 Å². The van der Waals surface area contributed by atoms with E-state index in [4.69, 9.17) is 9.84 Å². The smallest absolute Gasteiger partial charge is 0.226 e. The van der Waals surface area contributed by atoms with Crippen LogP contribution < -0.4 is 5.32 Å². The number of carbonyl (C=O) groups excluding carboxylic acids is 1. The van der Waals surface area contributed by atoms with Gasteiger partial charge in [-0.25, -0.2) is 4.68 Å². The minimum Gasteiger partial charge on any atom is -0.383 e. The summed E-state index contributed by atoms with van der Waals surface area (Å²) in [6.45, 7) is 4.97. The molecule has 0 spiro atoms. The van der Waals surface area contributed by atoms with E-state index in [1.54, 1.807) is 18.0 Å². The summed E-state index contributed by atoms with van der Waals surface area (Å²) in [4.78, 5) is 16.2. The van der Waals surface area contributed by atoms with Gasteiger partial charge < -0.3 is 10.1 Å². The molecule has 1 saturated heterocycles. The van der Waals surface area contributed by atoms with Gasteiger partial charge in [-0.2, -0.15) is 15.5 Å². The summed E-state index contributed by atoms with van der Waals surface area (Å²) < 4.78 is 9.02. The Morgan fingerprint density at radius 2 is 1.80 bits per heavy atom. The fourth-order valence-electron chi connectivity index (χ4n) is 6.24. The average molecular weight is 600 g/mol. The van der Waals surface area contributed by atoms with Crippen molar-refractivity contribution < 1.29 is 9.53 Å². The molecule has 1 aliphatic heterocycles. The second-order valence-electron chi connectivity index (χ2n) is 11.6. The monoisotopic (exact) mass is 599 g/mol. The fourth-order valence-corrected chi connectivity index (χ4v) is 6.24. The van der Waals surface area contributed by atoms with Crippen molar-refractivity contribution in [3.05, 3.63) is 114 Å². The van der Waals surface area contributed by atoms with Gasteiger partial charge in [0.25, 0.3) is 0 Å². The molecule has 0 radical (unpaired) electrons. The first-order chi connectivity index (χ1) is 21.9. The molecule has 228 valence electrons. The van der Waals surface area contributed by atoms with E-state index in [0.717, 1.165) is 64.5 Å². The Balaban J connectivity index is 1.28. The third kappa shape index (κ3) is 6.58. The summed E-state index contributed by atoms with van der Waals surface area (Å²) >= 11 is 0. The molecule has 0 unspecified atom stereocenters. The molecule has 0 aliphatic carbocycles. The first-order valence-corrected chi connectivity index (χ1v) is 15.2. The zero-order valence-electron chi connectivity index (χ0n) is 25.9. The van der Waals surface area contributed by atoms with Gasteiger partial charge in [0.2, 0.25) is 5.91 Å². The summed E-state index contributed by atoms with van der Waals surface area (Å²) in [6.07, 6.45) is 3.93. The summed E-state index contributed by atoms with van der Waals surface area (Å²) in [5.41, 5.74) is 8.28. The highest BCUT2D eigenvalue weighted by Gasteiger charge is 2.35. The number of carbonyl (C=O) groups is 1. The van der Waals surface area contributed by atoms with Gasteiger partial charge in [0, 0.05) is 57.5 Å². The predicted molar refractivity (Wildman–Crippen MR) is 174 cm³/mol. The number of aromatic nitrogens is 4. The second-order valence-corrected chi connectivity index (χ2v) is 11.6. The van der Waals surface area contributed by atoms with E-state index in [2.05, 4.69) is 45.7 Å². The molecule has 2 atom stereocenters. The zero-order chi connectivity index (χ0) is 31.3. The Bertz CT molecular complexity index is 1840. The van der Waals surface area contributed by atoms with Gasteiger partial charge in [-0.05, 0) is 53.4 Å². The van der Waals surface area contributed by atoms with E-state index in [1.807, 2.05) is 79.4 Å². The summed E-state index contributed by atoms with van der Waals surface area (Å²) in [5, 5.41) is 22.1. The van der Waals surface area contributed by atoms with Crippen LogP contribution in [0.2, 0.25) is 0 Å². The third-order valence-corrected chi connectivity index (χ3v) is 8.54. The SMILES string of the molecule is COCCN1C[C@@H](NC(=O)Cc2c(C)c(-c3cnn(C)c3)nn2-c2ccccc2)[C@H](c2cccc(-c3cccc(C#N)c3)c2)C1. The molecule has 1 N–H and O–H groups in total. The highest BCUT2D eigenvalue weighted by atomic mass is 16.5. The first-order valence-electron chi connectivity index (χ1n) is 15.2. The van der Waals surface area contributed by atoms with Crippen molar-refractivity contribution >= 4 is 5.91 Å². The molecular formula is C36H37N7O2. The van der Waals surface area contributed by atoms with E-state index >= 15 is 0 Å². The number of amides is 1. The molecule has 3 aromatic carbocycles. The normalized spacial score (nSPS) is 16.5. The molecule has 9 nitrogen and oxygen atoms in total. The van der Waals surface area contributed by atoms with Gasteiger partial charge in [0.1, 0.15) is 0 Å². The molecule has 1 fully saturated rings. The van der Waals surface area contributed by atoms with Crippen molar-refractivity contribution in [2.45, 2.75) is 25.3 Å². The van der Waals surface area contributed by atoms with Crippen LogP contribution in [-0.4, -0.2) is 69.8 Å². The van der Waals surface area contributed by atoms with Crippen LogP contribution in [0, 0.1) is 18.3 Å². The van der Waals surface area contributed by atoms with Crippen LogP contribution in [0.25, 0.3) is 28.1 Å². The number of para-hydroxylation sites is 1. The van der Waals surface area contributed by atoms with Crippen LogP contribution in [0.4, 0.5) is 0 Å². The maximum atomic E-state index is 13.9. The number of methoxy groups -OCH3 is 1. The molecule has 9 heteroatoms. The second kappa shape index (κ2) is 13.3. The van der Waals surface area contributed by atoms with Crippen molar-refractivity contribution in [2.75, 3.05) is 33.4 Å². The Morgan fingerprint density at radius 1 is 1.02 bits per heavy atom. The van der Waals surface area contributed by atoms with Gasteiger partial charge in [-0.1, -0.05) is 54.6 Å². The van der Waals surface area contributed by atoms with E-state index in [0.29, 0.717) is 12.2 Å². The van der Waals surface area contributed by atoms with Crippen molar-refractivity contribution in [2.24, 2.45) is 7.05 Å². The topological polar surface area (TPSA) is 101 Å². The van der Waals surface area contributed by atoms with E-state index in [9.17, 15) is 10.1 Å². The molecule has 5 aromatic rings. The average Bonchev–Trinajstić information content (AvgIpc) is 3.77. The number of nitrogens with one attached hydrogen (secondary N) is 1. The zero-order valence-corrected chi connectivity index (χ0v) is 25.9. The summed E-state index contributed by atoms with van der Waals surface area (Å²) in [5.74, 6) is 0.0466. The largest absolute Gasteiger partial charge is 0.383 e. The minimum atomic E-state index is -0.0822. The molecule has 6 rings (SSSR count). The lowest BCUT2D eigenvalue weighted by Gasteiger charge is -2.21. The molecule has 2 aromatic heterocycles. The number of rotatable bonds is 10. The number of likely N-dealkylation sites (tertiary alicyclic amines) is 1.